The number of nitrogens with zero attached hydrogens (tertiary/aromatic N) is 1. The van der Waals surface area contributed by atoms with E-state index in [0.717, 1.165) is 5.56 Å². The van der Waals surface area contributed by atoms with Gasteiger partial charge in [-0.2, -0.15) is 0 Å². The lowest BCUT2D eigenvalue weighted by molar-refractivity contribution is 0.0951. The molecular formula is C24H18ClFN2O3S. The molecule has 1 heterocycles. The lowest BCUT2D eigenvalue weighted by Crippen LogP contribution is -2.32. The molecule has 5 nitrogen and oxygen atoms in total. The van der Waals surface area contributed by atoms with Gasteiger partial charge in [0, 0.05) is 29.7 Å². The fourth-order valence-electron chi connectivity index (χ4n) is 3.30. The van der Waals surface area contributed by atoms with Gasteiger partial charge in [-0.3, -0.25) is 13.9 Å². The molecule has 0 aromatic heterocycles. The maximum atomic E-state index is 13.1. The van der Waals surface area contributed by atoms with Crippen LogP contribution < -0.4 is 9.62 Å². The molecule has 0 saturated carbocycles. The van der Waals surface area contributed by atoms with E-state index in [2.05, 4.69) is 5.32 Å². The van der Waals surface area contributed by atoms with Crippen molar-refractivity contribution < 1.29 is 18.2 Å². The Balaban J connectivity index is 1.60. The van der Waals surface area contributed by atoms with E-state index in [1.54, 1.807) is 61.7 Å². The number of allylic oxidation sites excluding steroid dienone is 1. The van der Waals surface area contributed by atoms with E-state index < -0.39 is 16.8 Å². The third-order valence-electron chi connectivity index (χ3n) is 5.04. The minimum atomic E-state index is -1.69. The van der Waals surface area contributed by atoms with E-state index in [-0.39, 0.29) is 23.2 Å². The molecule has 1 aliphatic rings. The molecule has 0 bridgehead atoms. The van der Waals surface area contributed by atoms with Crippen LogP contribution in [-0.2, 0) is 17.5 Å². The van der Waals surface area contributed by atoms with Crippen molar-refractivity contribution in [2.24, 2.45) is 0 Å². The summed E-state index contributed by atoms with van der Waals surface area (Å²) >= 11 is 5.91. The van der Waals surface area contributed by atoms with E-state index in [1.807, 2.05) is 0 Å². The number of halogens is 2. The Labute approximate surface area is 192 Å². The summed E-state index contributed by atoms with van der Waals surface area (Å²) in [6, 6.07) is 17.3. The Morgan fingerprint density at radius 3 is 2.47 bits per heavy atom. The fraction of sp³-hybridized carbons (Fsp3) is 0.0833. The highest BCUT2D eigenvalue weighted by Gasteiger charge is 2.32. The number of Topliss-reactive ketones (excluding diaryl/α,β-unsaturated/α-hetero) is 1. The second-order valence-electron chi connectivity index (χ2n) is 7.18. The van der Waals surface area contributed by atoms with E-state index >= 15 is 0 Å². The van der Waals surface area contributed by atoms with Crippen LogP contribution >= 0.6 is 11.6 Å². The SMILES string of the molecule is CN1c2ccc(C(=O)NCc3ccc(F)cc3)cc2C(=O)/C(=C\c2ccc(Cl)cc2)S1=O. The molecule has 3 aromatic rings. The smallest absolute Gasteiger partial charge is 0.251 e. The zero-order chi connectivity index (χ0) is 22.8. The zero-order valence-corrected chi connectivity index (χ0v) is 18.5. The zero-order valence-electron chi connectivity index (χ0n) is 17.0. The lowest BCUT2D eigenvalue weighted by atomic mass is 10.0. The summed E-state index contributed by atoms with van der Waals surface area (Å²) in [7, 11) is -0.0566. The van der Waals surface area contributed by atoms with Gasteiger partial charge in [0.1, 0.15) is 10.7 Å². The molecule has 3 aromatic carbocycles. The number of carbonyl (C=O) groups is 2. The number of nitrogens with one attached hydrogen (secondary N) is 1. The highest BCUT2D eigenvalue weighted by atomic mass is 35.5. The van der Waals surface area contributed by atoms with Gasteiger partial charge < -0.3 is 5.32 Å². The molecule has 0 saturated heterocycles. The second-order valence-corrected chi connectivity index (χ2v) is 9.10. The van der Waals surface area contributed by atoms with E-state index in [9.17, 15) is 18.2 Å². The van der Waals surface area contributed by atoms with Crippen molar-refractivity contribution in [2.75, 3.05) is 11.4 Å². The predicted molar refractivity (Wildman–Crippen MR) is 124 cm³/mol. The van der Waals surface area contributed by atoms with E-state index in [1.165, 1.54) is 22.5 Å². The van der Waals surface area contributed by atoms with Gasteiger partial charge in [0.15, 0.2) is 11.0 Å². The highest BCUT2D eigenvalue weighted by Crippen LogP contribution is 2.33. The molecule has 0 aliphatic carbocycles. The molecule has 1 aliphatic heterocycles. The third-order valence-corrected chi connectivity index (χ3v) is 6.66. The molecule has 0 spiro atoms. The lowest BCUT2D eigenvalue weighted by Gasteiger charge is -2.27. The maximum absolute atomic E-state index is 13.1. The molecule has 1 unspecified atom stereocenters. The molecule has 0 radical (unpaired) electrons. The average Bonchev–Trinajstić information content (AvgIpc) is 2.80. The molecule has 162 valence electrons. The first-order valence-electron chi connectivity index (χ1n) is 9.68. The quantitative estimate of drug-likeness (QED) is 0.562. The van der Waals surface area contributed by atoms with Gasteiger partial charge in [-0.15, -0.1) is 0 Å². The normalized spacial score (nSPS) is 16.7. The second kappa shape index (κ2) is 9.06. The van der Waals surface area contributed by atoms with Crippen molar-refractivity contribution in [1.82, 2.24) is 5.32 Å². The van der Waals surface area contributed by atoms with Crippen LogP contribution in [0.2, 0.25) is 5.02 Å². The Hall–Kier alpha value is -3.29. The van der Waals surface area contributed by atoms with Crippen LogP contribution in [0.3, 0.4) is 0 Å². The number of ketones is 1. The third kappa shape index (κ3) is 4.49. The van der Waals surface area contributed by atoms with Crippen LogP contribution in [0.1, 0.15) is 31.8 Å². The first kappa shape index (κ1) is 21.9. The number of fused-ring (bicyclic) bond motifs is 1. The fourth-order valence-corrected chi connectivity index (χ4v) is 4.56. The maximum Gasteiger partial charge on any atom is 0.251 e. The number of hydrogen-bond donors (Lipinski definition) is 1. The van der Waals surface area contributed by atoms with Gasteiger partial charge >= 0.3 is 0 Å². The number of hydrogen-bond acceptors (Lipinski definition) is 3. The molecule has 4 rings (SSSR count). The molecular weight excluding hydrogens is 451 g/mol. The first-order chi connectivity index (χ1) is 15.3. The molecule has 0 fully saturated rings. The Morgan fingerprint density at radius 1 is 1.09 bits per heavy atom. The van der Waals surface area contributed by atoms with Crippen molar-refractivity contribution >= 4 is 46.0 Å². The highest BCUT2D eigenvalue weighted by molar-refractivity contribution is 7.91. The van der Waals surface area contributed by atoms with Crippen LogP contribution in [0.5, 0.6) is 0 Å². The van der Waals surface area contributed by atoms with E-state index in [0.29, 0.717) is 27.4 Å². The van der Waals surface area contributed by atoms with Crippen molar-refractivity contribution in [3.05, 3.63) is 105 Å². The van der Waals surface area contributed by atoms with Gasteiger partial charge in [0.25, 0.3) is 5.91 Å². The minimum Gasteiger partial charge on any atom is -0.348 e. The van der Waals surface area contributed by atoms with Gasteiger partial charge in [0.05, 0.1) is 5.69 Å². The predicted octanol–water partition coefficient (Wildman–Crippen LogP) is 4.75. The van der Waals surface area contributed by atoms with Crippen LogP contribution in [-0.4, -0.2) is 22.9 Å². The molecule has 1 N–H and O–H groups in total. The van der Waals surface area contributed by atoms with Crippen molar-refractivity contribution in [1.29, 1.82) is 0 Å². The van der Waals surface area contributed by atoms with Gasteiger partial charge in [0.2, 0.25) is 5.78 Å². The number of amides is 1. The summed E-state index contributed by atoms with van der Waals surface area (Å²) in [4.78, 5) is 25.9. The summed E-state index contributed by atoms with van der Waals surface area (Å²) < 4.78 is 27.4. The first-order valence-corrected chi connectivity index (χ1v) is 11.2. The molecule has 1 amide bonds. The minimum absolute atomic E-state index is 0.117. The Kier molecular flexibility index (Phi) is 6.21. The van der Waals surface area contributed by atoms with Gasteiger partial charge in [-0.1, -0.05) is 35.9 Å². The monoisotopic (exact) mass is 468 g/mol. The van der Waals surface area contributed by atoms with Crippen LogP contribution in [0.15, 0.2) is 71.6 Å². The molecule has 8 heteroatoms. The summed E-state index contributed by atoms with van der Waals surface area (Å²) in [5.41, 5.74) is 2.51. The number of anilines is 1. The summed E-state index contributed by atoms with van der Waals surface area (Å²) in [6.07, 6.45) is 1.56. The largest absolute Gasteiger partial charge is 0.348 e. The summed E-state index contributed by atoms with van der Waals surface area (Å²) in [5, 5.41) is 3.32. The van der Waals surface area contributed by atoms with Crippen molar-refractivity contribution in [3.63, 3.8) is 0 Å². The van der Waals surface area contributed by atoms with Gasteiger partial charge in [-0.25, -0.2) is 8.60 Å². The van der Waals surface area contributed by atoms with Crippen LogP contribution in [0.4, 0.5) is 10.1 Å². The standard InChI is InChI=1S/C24H18ClFN2O3S/c1-28-21-11-6-17(24(30)27-14-16-4-9-19(26)10-5-16)13-20(21)23(29)22(32(28)31)12-15-2-7-18(25)8-3-15/h2-13H,14H2,1H3,(H,27,30)/b22-12+. The van der Waals surface area contributed by atoms with E-state index in [4.69, 9.17) is 11.6 Å². The molecule has 32 heavy (non-hydrogen) atoms. The average molecular weight is 469 g/mol. The molecule has 1 atom stereocenters. The van der Waals surface area contributed by atoms with Crippen molar-refractivity contribution in [3.8, 4) is 0 Å². The topological polar surface area (TPSA) is 66.5 Å². The van der Waals surface area contributed by atoms with Crippen LogP contribution in [0, 0.1) is 5.82 Å². The van der Waals surface area contributed by atoms with Crippen LogP contribution in [0.25, 0.3) is 6.08 Å². The number of rotatable bonds is 4. The summed E-state index contributed by atoms with van der Waals surface area (Å²) in [5.74, 6) is -1.13. The van der Waals surface area contributed by atoms with Gasteiger partial charge in [-0.05, 0) is 59.7 Å². The Morgan fingerprint density at radius 2 is 1.78 bits per heavy atom. The number of benzene rings is 3. The van der Waals surface area contributed by atoms with Crippen molar-refractivity contribution in [2.45, 2.75) is 6.54 Å². The summed E-state index contributed by atoms with van der Waals surface area (Å²) in [6.45, 7) is 0.218. The Bertz CT molecular complexity index is 1260. The number of carbonyl (C=O) groups excluding carboxylic acids is 2.